The van der Waals surface area contributed by atoms with Gasteiger partial charge in [0.2, 0.25) is 5.91 Å². The summed E-state index contributed by atoms with van der Waals surface area (Å²) in [5, 5.41) is 18.3. The maximum absolute atomic E-state index is 11.9. The predicted molar refractivity (Wildman–Crippen MR) is 92.3 cm³/mol. The maximum Gasteiger partial charge on any atom is 0.235 e. The van der Waals surface area contributed by atoms with E-state index in [1.807, 2.05) is 19.1 Å². The fourth-order valence-electron chi connectivity index (χ4n) is 2.28. The molecule has 0 aliphatic heterocycles. The van der Waals surface area contributed by atoms with Crippen LogP contribution in [0.25, 0.3) is 0 Å². The molecule has 7 heteroatoms. The molecule has 0 unspecified atom stereocenters. The molecule has 1 aromatic heterocycles. The van der Waals surface area contributed by atoms with E-state index < -0.39 is 11.2 Å². The van der Waals surface area contributed by atoms with Crippen molar-refractivity contribution in [2.75, 3.05) is 0 Å². The van der Waals surface area contributed by atoms with Crippen LogP contribution < -0.4 is 5.73 Å². The second kappa shape index (κ2) is 7.83. The van der Waals surface area contributed by atoms with E-state index in [-0.39, 0.29) is 16.3 Å². The van der Waals surface area contributed by atoms with Crippen molar-refractivity contribution in [1.29, 1.82) is 10.5 Å². The summed E-state index contributed by atoms with van der Waals surface area (Å²) >= 11 is 7.14. The Morgan fingerprint density at radius 1 is 1.29 bits per heavy atom. The topological polar surface area (TPSA) is 104 Å². The minimum absolute atomic E-state index is 0.0205. The minimum atomic E-state index is -0.709. The lowest BCUT2D eigenvalue weighted by molar-refractivity contribution is -0.117. The summed E-state index contributed by atoms with van der Waals surface area (Å²) in [5.74, 6) is -0.546. The third-order valence-electron chi connectivity index (χ3n) is 3.39. The van der Waals surface area contributed by atoms with Crippen LogP contribution in [0.1, 0.15) is 34.4 Å². The van der Waals surface area contributed by atoms with Gasteiger partial charge in [-0.2, -0.15) is 10.5 Å². The number of amides is 1. The van der Waals surface area contributed by atoms with E-state index >= 15 is 0 Å². The average Bonchev–Trinajstić information content (AvgIpc) is 2.59. The number of pyridine rings is 1. The van der Waals surface area contributed by atoms with Crippen LogP contribution in [0.2, 0.25) is 5.15 Å². The molecule has 0 saturated carbocycles. The standard InChI is InChI=1S/C17H13ClN4OS/c1-2-11-12(8-19)15(18)22-17(13(11)9-20)24-14(16(21)23)10-6-4-3-5-7-10/h3-7,14H,2H2,1H3,(H2,21,23)/t14-/m0/s1. The van der Waals surface area contributed by atoms with Gasteiger partial charge in [0.25, 0.3) is 0 Å². The van der Waals surface area contributed by atoms with Crippen LogP contribution in [-0.2, 0) is 11.2 Å². The number of hydrogen-bond donors (Lipinski definition) is 1. The smallest absolute Gasteiger partial charge is 0.235 e. The van der Waals surface area contributed by atoms with Gasteiger partial charge in [-0.3, -0.25) is 4.79 Å². The minimum Gasteiger partial charge on any atom is -0.368 e. The molecule has 2 rings (SSSR count). The molecule has 0 aliphatic carbocycles. The van der Waals surface area contributed by atoms with Crippen LogP contribution in [0, 0.1) is 22.7 Å². The summed E-state index contributed by atoms with van der Waals surface area (Å²) in [4.78, 5) is 16.0. The first-order valence-electron chi connectivity index (χ1n) is 7.06. The van der Waals surface area contributed by atoms with Gasteiger partial charge < -0.3 is 5.73 Å². The highest BCUT2D eigenvalue weighted by atomic mass is 35.5. The predicted octanol–water partition coefficient (Wildman–Crippen LogP) is 3.36. The van der Waals surface area contributed by atoms with Crippen molar-refractivity contribution in [2.24, 2.45) is 5.73 Å². The molecule has 0 radical (unpaired) electrons. The molecule has 0 spiro atoms. The Kier molecular flexibility index (Phi) is 5.81. The molecule has 0 fully saturated rings. The van der Waals surface area contributed by atoms with Crippen LogP contribution in [0.5, 0.6) is 0 Å². The fourth-order valence-corrected chi connectivity index (χ4v) is 3.63. The number of aromatic nitrogens is 1. The molecule has 0 saturated heterocycles. The fraction of sp³-hybridized carbons (Fsp3) is 0.176. The molecule has 1 aromatic carbocycles. The first-order chi connectivity index (χ1) is 11.5. The van der Waals surface area contributed by atoms with Crippen LogP contribution in [0.15, 0.2) is 35.4 Å². The Morgan fingerprint density at radius 2 is 1.92 bits per heavy atom. The molecule has 24 heavy (non-hydrogen) atoms. The van der Waals surface area contributed by atoms with Crippen molar-refractivity contribution in [3.63, 3.8) is 0 Å². The van der Waals surface area contributed by atoms with Gasteiger partial charge in [-0.25, -0.2) is 4.98 Å². The van der Waals surface area contributed by atoms with E-state index in [0.717, 1.165) is 11.8 Å². The first kappa shape index (κ1) is 17.8. The summed E-state index contributed by atoms with van der Waals surface area (Å²) in [6, 6.07) is 13.0. The van der Waals surface area contributed by atoms with E-state index in [1.165, 1.54) is 0 Å². The number of carbonyl (C=O) groups excluding carboxylic acids is 1. The molecule has 2 aromatic rings. The highest BCUT2D eigenvalue weighted by Gasteiger charge is 2.25. The van der Waals surface area contributed by atoms with Gasteiger partial charge in [0.05, 0.1) is 11.1 Å². The van der Waals surface area contributed by atoms with Gasteiger partial charge in [-0.1, -0.05) is 60.6 Å². The van der Waals surface area contributed by atoms with Crippen LogP contribution >= 0.6 is 23.4 Å². The molecule has 5 nitrogen and oxygen atoms in total. The third kappa shape index (κ3) is 3.51. The van der Waals surface area contributed by atoms with Gasteiger partial charge >= 0.3 is 0 Å². The lowest BCUT2D eigenvalue weighted by Crippen LogP contribution is -2.19. The van der Waals surface area contributed by atoms with Gasteiger partial charge in [-0.05, 0) is 17.5 Å². The summed E-state index contributed by atoms with van der Waals surface area (Å²) < 4.78 is 0. The Labute approximate surface area is 149 Å². The molecular weight excluding hydrogens is 344 g/mol. The van der Waals surface area contributed by atoms with Crippen molar-refractivity contribution >= 4 is 29.3 Å². The molecular formula is C17H13ClN4OS. The molecule has 2 N–H and O–H groups in total. The lowest BCUT2D eigenvalue weighted by atomic mass is 10.0. The number of nitrogens with two attached hydrogens (primary N) is 1. The maximum atomic E-state index is 11.9. The number of benzene rings is 1. The number of halogens is 1. The van der Waals surface area contributed by atoms with Gasteiger partial charge in [-0.15, -0.1) is 0 Å². The van der Waals surface area contributed by atoms with Crippen molar-refractivity contribution in [3.8, 4) is 12.1 Å². The zero-order valence-electron chi connectivity index (χ0n) is 12.8. The zero-order valence-corrected chi connectivity index (χ0v) is 14.4. The lowest BCUT2D eigenvalue weighted by Gasteiger charge is -2.16. The molecule has 120 valence electrons. The summed E-state index contributed by atoms with van der Waals surface area (Å²) in [5.41, 5.74) is 7.20. The Hall–Kier alpha value is -2.54. The number of nitriles is 2. The van der Waals surface area contributed by atoms with E-state index in [2.05, 4.69) is 11.1 Å². The summed E-state index contributed by atoms with van der Waals surface area (Å²) in [7, 11) is 0. The number of primary amides is 1. The monoisotopic (exact) mass is 356 g/mol. The van der Waals surface area contributed by atoms with Crippen molar-refractivity contribution < 1.29 is 4.79 Å². The Balaban J connectivity index is 2.56. The molecule has 1 amide bonds. The number of rotatable bonds is 5. The molecule has 1 atom stereocenters. The van der Waals surface area contributed by atoms with Crippen molar-refractivity contribution in [3.05, 3.63) is 57.7 Å². The van der Waals surface area contributed by atoms with Gasteiger partial charge in [0, 0.05) is 0 Å². The second-order valence-corrected chi connectivity index (χ2v) is 6.28. The van der Waals surface area contributed by atoms with E-state index in [9.17, 15) is 15.3 Å². The summed E-state index contributed by atoms with van der Waals surface area (Å²) in [6.45, 7) is 1.82. The molecule has 0 aliphatic rings. The zero-order chi connectivity index (χ0) is 17.7. The van der Waals surface area contributed by atoms with Crippen LogP contribution in [0.4, 0.5) is 0 Å². The highest BCUT2D eigenvalue weighted by molar-refractivity contribution is 8.00. The van der Waals surface area contributed by atoms with Crippen LogP contribution in [-0.4, -0.2) is 10.9 Å². The molecule has 1 heterocycles. The molecule has 0 bridgehead atoms. The quantitative estimate of drug-likeness (QED) is 0.653. The number of nitrogens with zero attached hydrogens (tertiary/aromatic N) is 3. The SMILES string of the molecule is CCc1c(C#N)c(Cl)nc(S[C@H](C(N)=O)c2ccccc2)c1C#N. The third-order valence-corrected chi connectivity index (χ3v) is 4.92. The number of hydrogen-bond acceptors (Lipinski definition) is 5. The Bertz CT molecular complexity index is 856. The number of carbonyl (C=O) groups is 1. The highest BCUT2D eigenvalue weighted by Crippen LogP contribution is 2.38. The summed E-state index contributed by atoms with van der Waals surface area (Å²) in [6.07, 6.45) is 0.453. The Morgan fingerprint density at radius 3 is 2.42 bits per heavy atom. The van der Waals surface area contributed by atoms with E-state index in [4.69, 9.17) is 17.3 Å². The second-order valence-electron chi connectivity index (χ2n) is 4.82. The van der Waals surface area contributed by atoms with Gasteiger partial charge in [0.15, 0.2) is 0 Å². The number of thioether (sulfide) groups is 1. The van der Waals surface area contributed by atoms with Gasteiger partial charge in [0.1, 0.15) is 27.6 Å². The van der Waals surface area contributed by atoms with E-state index in [1.54, 1.807) is 24.3 Å². The van der Waals surface area contributed by atoms with E-state index in [0.29, 0.717) is 22.6 Å². The van der Waals surface area contributed by atoms with Crippen molar-refractivity contribution in [2.45, 2.75) is 23.6 Å². The normalized spacial score (nSPS) is 11.3. The largest absolute Gasteiger partial charge is 0.368 e. The first-order valence-corrected chi connectivity index (χ1v) is 8.32. The van der Waals surface area contributed by atoms with Crippen molar-refractivity contribution in [1.82, 2.24) is 4.98 Å². The average molecular weight is 357 g/mol. The van der Waals surface area contributed by atoms with Crippen LogP contribution in [0.3, 0.4) is 0 Å².